The minimum Gasteiger partial charge on any atom is -0.452 e. The summed E-state index contributed by atoms with van der Waals surface area (Å²) in [5, 5.41) is 9.21. The number of rotatable bonds is 4. The van der Waals surface area contributed by atoms with Crippen LogP contribution in [0.3, 0.4) is 0 Å². The average molecular weight is 309 g/mol. The van der Waals surface area contributed by atoms with Crippen LogP contribution in [0, 0.1) is 0 Å². The SMILES string of the molecule is CC(O)C(=[N+]=[N-])C(=O)OCc1ccn(C(=O)OC(C)(C)C)c1. The smallest absolute Gasteiger partial charge is 0.420 e. The number of carbonyl (C=O) groups excluding carboxylic acids is 2. The highest BCUT2D eigenvalue weighted by Gasteiger charge is 2.27. The van der Waals surface area contributed by atoms with Crippen LogP contribution in [0.25, 0.3) is 5.53 Å². The summed E-state index contributed by atoms with van der Waals surface area (Å²) < 4.78 is 11.3. The van der Waals surface area contributed by atoms with E-state index in [1.165, 1.54) is 23.9 Å². The summed E-state index contributed by atoms with van der Waals surface area (Å²) in [6, 6.07) is 1.58. The summed E-state index contributed by atoms with van der Waals surface area (Å²) in [5.74, 6) is -0.942. The van der Waals surface area contributed by atoms with Crippen LogP contribution in [-0.2, 0) is 20.9 Å². The first-order valence-electron chi connectivity index (χ1n) is 6.61. The number of aliphatic hydroxyl groups is 1. The molecule has 8 heteroatoms. The Bertz CT molecular complexity index is 606. The third-order valence-electron chi connectivity index (χ3n) is 2.44. The first kappa shape index (κ1) is 17.6. The van der Waals surface area contributed by atoms with E-state index in [0.29, 0.717) is 5.56 Å². The Morgan fingerprint density at radius 1 is 1.45 bits per heavy atom. The van der Waals surface area contributed by atoms with Crippen LogP contribution in [-0.4, -0.2) is 43.9 Å². The number of aliphatic hydroxyl groups excluding tert-OH is 1. The molecular formula is C14H19N3O5. The van der Waals surface area contributed by atoms with Gasteiger partial charge in [0.1, 0.15) is 12.2 Å². The molecule has 0 amide bonds. The fraction of sp³-hybridized carbons (Fsp3) is 0.500. The second kappa shape index (κ2) is 7.02. The molecule has 1 aromatic heterocycles. The van der Waals surface area contributed by atoms with Gasteiger partial charge in [-0.25, -0.2) is 9.59 Å². The molecule has 1 rings (SSSR count). The Labute approximate surface area is 127 Å². The highest BCUT2D eigenvalue weighted by atomic mass is 16.6. The van der Waals surface area contributed by atoms with Gasteiger partial charge < -0.3 is 20.1 Å². The number of esters is 1. The van der Waals surface area contributed by atoms with Gasteiger partial charge in [-0.3, -0.25) is 4.57 Å². The number of hydrogen-bond acceptors (Lipinski definition) is 5. The minimum atomic E-state index is -1.25. The molecule has 0 bridgehead atoms. The molecular weight excluding hydrogens is 290 g/mol. The molecule has 1 atom stereocenters. The van der Waals surface area contributed by atoms with Crippen LogP contribution < -0.4 is 0 Å². The second-order valence-electron chi connectivity index (χ2n) is 5.64. The van der Waals surface area contributed by atoms with Crippen LogP contribution in [0.1, 0.15) is 33.3 Å². The Kier molecular flexibility index (Phi) is 5.62. The molecule has 1 heterocycles. The molecule has 0 aliphatic heterocycles. The predicted octanol–water partition coefficient (Wildman–Crippen LogP) is 1.37. The molecule has 0 aromatic carbocycles. The van der Waals surface area contributed by atoms with Gasteiger partial charge in [0.15, 0.2) is 6.10 Å². The summed E-state index contributed by atoms with van der Waals surface area (Å²) in [5.41, 5.74) is 8.05. The highest BCUT2D eigenvalue weighted by Crippen LogP contribution is 2.11. The minimum absolute atomic E-state index is 0.139. The number of nitrogens with zero attached hydrogens (tertiary/aromatic N) is 3. The van der Waals surface area contributed by atoms with Gasteiger partial charge >= 0.3 is 17.8 Å². The van der Waals surface area contributed by atoms with Crippen molar-refractivity contribution in [1.29, 1.82) is 0 Å². The largest absolute Gasteiger partial charge is 0.452 e. The number of hydrogen-bond donors (Lipinski definition) is 1. The van der Waals surface area contributed by atoms with Crippen molar-refractivity contribution >= 4 is 17.8 Å². The highest BCUT2D eigenvalue weighted by molar-refractivity contribution is 6.35. The van der Waals surface area contributed by atoms with Gasteiger partial charge in [0.05, 0.1) is 0 Å². The quantitative estimate of drug-likeness (QED) is 0.390. The van der Waals surface area contributed by atoms with Gasteiger partial charge in [0, 0.05) is 18.0 Å². The van der Waals surface area contributed by atoms with E-state index in [4.69, 9.17) is 15.0 Å². The normalized spacial score (nSPS) is 12.2. The van der Waals surface area contributed by atoms with Crippen molar-refractivity contribution < 1.29 is 29.0 Å². The van der Waals surface area contributed by atoms with E-state index >= 15 is 0 Å². The standard InChI is InChI=1S/C14H19N3O5/c1-9(18)11(16-15)12(19)21-8-10-5-6-17(7-10)13(20)22-14(2,3)4/h5-7,9,18H,8H2,1-4H3. The van der Waals surface area contributed by atoms with E-state index < -0.39 is 29.5 Å². The fourth-order valence-electron chi connectivity index (χ4n) is 1.47. The van der Waals surface area contributed by atoms with Gasteiger partial charge in [-0.2, -0.15) is 4.79 Å². The molecule has 0 saturated carbocycles. The molecule has 0 saturated heterocycles. The van der Waals surface area contributed by atoms with E-state index in [1.807, 2.05) is 0 Å². The molecule has 22 heavy (non-hydrogen) atoms. The molecule has 0 spiro atoms. The molecule has 0 aliphatic carbocycles. The zero-order valence-corrected chi connectivity index (χ0v) is 12.9. The monoisotopic (exact) mass is 309 g/mol. The molecule has 1 aromatic rings. The maximum atomic E-state index is 11.8. The van der Waals surface area contributed by atoms with Crippen molar-refractivity contribution in [3.63, 3.8) is 0 Å². The van der Waals surface area contributed by atoms with E-state index in [2.05, 4.69) is 4.79 Å². The van der Waals surface area contributed by atoms with Gasteiger partial charge in [-0.1, -0.05) is 0 Å². The molecule has 8 nitrogen and oxygen atoms in total. The van der Waals surface area contributed by atoms with Gasteiger partial charge in [-0.15, -0.1) is 0 Å². The maximum absolute atomic E-state index is 11.8. The Hall–Kier alpha value is -2.44. The summed E-state index contributed by atoms with van der Waals surface area (Å²) >= 11 is 0. The first-order chi connectivity index (χ1) is 10.1. The van der Waals surface area contributed by atoms with Crippen LogP contribution in [0.2, 0.25) is 0 Å². The van der Waals surface area contributed by atoms with E-state index in [1.54, 1.807) is 26.8 Å². The number of carbonyl (C=O) groups is 2. The molecule has 0 aliphatic rings. The van der Waals surface area contributed by atoms with Gasteiger partial charge in [0.2, 0.25) is 0 Å². The lowest BCUT2D eigenvalue weighted by Crippen LogP contribution is -2.28. The van der Waals surface area contributed by atoms with Crippen molar-refractivity contribution in [3.05, 3.63) is 29.6 Å². The predicted molar refractivity (Wildman–Crippen MR) is 76.2 cm³/mol. The second-order valence-corrected chi connectivity index (χ2v) is 5.64. The van der Waals surface area contributed by atoms with Crippen LogP contribution >= 0.6 is 0 Å². The lowest BCUT2D eigenvalue weighted by molar-refractivity contribution is -0.143. The fourth-order valence-corrected chi connectivity index (χ4v) is 1.47. The summed E-state index contributed by atoms with van der Waals surface area (Å²) in [7, 11) is 0. The maximum Gasteiger partial charge on any atom is 0.420 e. The molecule has 1 N–H and O–H groups in total. The Morgan fingerprint density at radius 2 is 2.09 bits per heavy atom. The lowest BCUT2D eigenvalue weighted by Gasteiger charge is -2.19. The molecule has 120 valence electrons. The topological polar surface area (TPSA) is 114 Å². The van der Waals surface area contributed by atoms with Crippen LogP contribution in [0.5, 0.6) is 0 Å². The van der Waals surface area contributed by atoms with E-state index in [9.17, 15) is 14.7 Å². The zero-order valence-electron chi connectivity index (χ0n) is 12.9. The average Bonchev–Trinajstić information content (AvgIpc) is 2.83. The molecule has 1 unspecified atom stereocenters. The van der Waals surface area contributed by atoms with Gasteiger partial charge in [0.25, 0.3) is 0 Å². The summed E-state index contributed by atoms with van der Waals surface area (Å²) in [6.07, 6.45) is 1.14. The number of aromatic nitrogens is 1. The first-order valence-corrected chi connectivity index (χ1v) is 6.61. The molecule has 0 fully saturated rings. The van der Waals surface area contributed by atoms with Crippen molar-refractivity contribution in [1.82, 2.24) is 4.57 Å². The van der Waals surface area contributed by atoms with Gasteiger partial charge in [-0.05, 0) is 33.8 Å². The third kappa shape index (κ3) is 5.16. The number of ether oxygens (including phenoxy) is 2. The van der Waals surface area contributed by atoms with Crippen LogP contribution in [0.4, 0.5) is 4.79 Å². The molecule has 0 radical (unpaired) electrons. The summed E-state index contributed by atoms with van der Waals surface area (Å²) in [6.45, 7) is 6.39. The zero-order chi connectivity index (χ0) is 16.9. The van der Waals surface area contributed by atoms with E-state index in [0.717, 1.165) is 0 Å². The van der Waals surface area contributed by atoms with Crippen molar-refractivity contribution in [2.24, 2.45) is 0 Å². The Morgan fingerprint density at radius 3 is 2.59 bits per heavy atom. The lowest BCUT2D eigenvalue weighted by atomic mass is 10.2. The Balaban J connectivity index is 2.65. The van der Waals surface area contributed by atoms with Crippen molar-refractivity contribution in [2.75, 3.05) is 0 Å². The van der Waals surface area contributed by atoms with Crippen LogP contribution in [0.15, 0.2) is 18.5 Å². The van der Waals surface area contributed by atoms with E-state index in [-0.39, 0.29) is 6.61 Å². The third-order valence-corrected chi connectivity index (χ3v) is 2.44. The van der Waals surface area contributed by atoms with Crippen molar-refractivity contribution in [2.45, 2.75) is 46.0 Å². The summed E-state index contributed by atoms with van der Waals surface area (Å²) in [4.78, 5) is 26.0. The van der Waals surface area contributed by atoms with Crippen molar-refractivity contribution in [3.8, 4) is 0 Å².